The van der Waals surface area contributed by atoms with Crippen LogP contribution in [0.3, 0.4) is 0 Å². The molecule has 1 N–H and O–H groups in total. The minimum absolute atomic E-state index is 0.0594. The molecule has 0 atom stereocenters. The largest absolute Gasteiger partial charge is 0.496 e. The zero-order valence-corrected chi connectivity index (χ0v) is 18.8. The van der Waals surface area contributed by atoms with E-state index in [1.165, 1.54) is 34.7 Å². The second-order valence-electron chi connectivity index (χ2n) is 8.17. The number of nitrogens with zero attached hydrogens (tertiary/aromatic N) is 1. The van der Waals surface area contributed by atoms with Crippen molar-refractivity contribution in [2.24, 2.45) is 0 Å². The number of carbonyl (C=O) groups excluding carboxylic acids is 2. The van der Waals surface area contributed by atoms with Crippen LogP contribution in [0.4, 0.5) is 10.1 Å². The van der Waals surface area contributed by atoms with E-state index in [1.807, 2.05) is 42.5 Å². The normalized spacial score (nSPS) is 13.8. The molecule has 0 radical (unpaired) electrons. The highest BCUT2D eigenvalue weighted by atomic mass is 19.1. The van der Waals surface area contributed by atoms with E-state index >= 15 is 0 Å². The van der Waals surface area contributed by atoms with Crippen molar-refractivity contribution in [1.29, 1.82) is 0 Å². The van der Waals surface area contributed by atoms with Crippen molar-refractivity contribution in [2.45, 2.75) is 26.3 Å². The lowest BCUT2D eigenvalue weighted by Crippen LogP contribution is -2.32. The quantitative estimate of drug-likeness (QED) is 0.499. The molecule has 0 fully saturated rings. The molecule has 1 aliphatic rings. The monoisotopic (exact) mass is 444 g/mol. The summed E-state index contributed by atoms with van der Waals surface area (Å²) in [5, 5.41) is 3.14. The number of amides is 2. The van der Waals surface area contributed by atoms with Gasteiger partial charge in [-0.2, -0.15) is 0 Å². The van der Waals surface area contributed by atoms with Gasteiger partial charge in [-0.05, 0) is 47.4 Å². The Balaban J connectivity index is 1.72. The minimum atomic E-state index is -0.446. The van der Waals surface area contributed by atoms with Gasteiger partial charge in [-0.1, -0.05) is 56.3 Å². The molecule has 0 saturated carbocycles. The van der Waals surface area contributed by atoms with Crippen LogP contribution in [-0.4, -0.2) is 23.8 Å². The number of methoxy groups -OCH3 is 1. The second-order valence-corrected chi connectivity index (χ2v) is 8.17. The maximum atomic E-state index is 13.5. The predicted molar refractivity (Wildman–Crippen MR) is 126 cm³/mol. The Morgan fingerprint density at radius 1 is 0.909 bits per heavy atom. The molecule has 0 aromatic heterocycles. The van der Waals surface area contributed by atoms with Gasteiger partial charge in [-0.25, -0.2) is 4.39 Å². The van der Waals surface area contributed by atoms with Crippen molar-refractivity contribution >= 4 is 23.1 Å². The topological polar surface area (TPSA) is 58.6 Å². The van der Waals surface area contributed by atoms with Crippen molar-refractivity contribution in [3.05, 3.63) is 101 Å². The third-order valence-electron chi connectivity index (χ3n) is 5.67. The number of carbonyl (C=O) groups is 2. The molecule has 3 aromatic rings. The molecule has 0 spiro atoms. The molecule has 33 heavy (non-hydrogen) atoms. The van der Waals surface area contributed by atoms with E-state index < -0.39 is 17.6 Å². The summed E-state index contributed by atoms with van der Waals surface area (Å²) in [5.74, 6) is -0.344. The summed E-state index contributed by atoms with van der Waals surface area (Å²) in [6.45, 7) is 4.27. The van der Waals surface area contributed by atoms with Crippen LogP contribution < -0.4 is 10.1 Å². The van der Waals surface area contributed by atoms with Gasteiger partial charge in [0.1, 0.15) is 17.3 Å². The predicted octanol–water partition coefficient (Wildman–Crippen LogP) is 5.35. The average molecular weight is 445 g/mol. The zero-order chi connectivity index (χ0) is 23.5. The maximum Gasteiger partial charge on any atom is 0.278 e. The van der Waals surface area contributed by atoms with Crippen LogP contribution in [0.1, 0.15) is 36.5 Å². The highest BCUT2D eigenvalue weighted by molar-refractivity contribution is 6.36. The number of nitrogens with one attached hydrogen (secondary N) is 1. The molecule has 2 amide bonds. The Morgan fingerprint density at radius 3 is 2.21 bits per heavy atom. The van der Waals surface area contributed by atoms with Crippen molar-refractivity contribution in [3.8, 4) is 5.75 Å². The summed E-state index contributed by atoms with van der Waals surface area (Å²) in [7, 11) is 1.54. The summed E-state index contributed by atoms with van der Waals surface area (Å²) in [6, 6.07) is 20.5. The first-order valence-corrected chi connectivity index (χ1v) is 10.7. The first-order chi connectivity index (χ1) is 15.9. The van der Waals surface area contributed by atoms with Crippen molar-refractivity contribution in [1.82, 2.24) is 4.90 Å². The van der Waals surface area contributed by atoms with Crippen LogP contribution >= 0.6 is 0 Å². The fraction of sp³-hybridized carbons (Fsp3) is 0.185. The van der Waals surface area contributed by atoms with Crippen LogP contribution in [0.2, 0.25) is 0 Å². The Morgan fingerprint density at radius 2 is 1.58 bits per heavy atom. The molecular weight excluding hydrogens is 419 g/mol. The smallest absolute Gasteiger partial charge is 0.278 e. The molecule has 3 aromatic carbocycles. The number of benzene rings is 3. The molecule has 0 saturated heterocycles. The molecule has 1 aliphatic heterocycles. The van der Waals surface area contributed by atoms with Gasteiger partial charge >= 0.3 is 0 Å². The Hall–Kier alpha value is -3.93. The van der Waals surface area contributed by atoms with Gasteiger partial charge in [-0.3, -0.25) is 14.5 Å². The van der Waals surface area contributed by atoms with Gasteiger partial charge in [0.25, 0.3) is 11.8 Å². The van der Waals surface area contributed by atoms with Crippen molar-refractivity contribution in [3.63, 3.8) is 0 Å². The molecule has 168 valence electrons. The number of hydrogen-bond acceptors (Lipinski definition) is 4. The van der Waals surface area contributed by atoms with Gasteiger partial charge in [0.2, 0.25) is 0 Å². The third-order valence-corrected chi connectivity index (χ3v) is 5.67. The van der Waals surface area contributed by atoms with E-state index in [1.54, 1.807) is 13.2 Å². The standard InChI is InChI=1S/C27H25FN2O3/c1-17(2)18-10-14-22(15-11-18)29-25-24(19-8-12-21(28)13-9-19)26(31)30(27(25)32)16-20-6-4-5-7-23(20)33-3/h4-15,17,29H,16H2,1-3H3. The maximum absolute atomic E-state index is 13.5. The number of rotatable bonds is 7. The Bertz CT molecular complexity index is 1210. The molecule has 0 aliphatic carbocycles. The van der Waals surface area contributed by atoms with Crippen LogP contribution in [-0.2, 0) is 16.1 Å². The highest BCUT2D eigenvalue weighted by Crippen LogP contribution is 2.33. The number of halogens is 1. The van der Waals surface area contributed by atoms with Gasteiger partial charge < -0.3 is 10.1 Å². The second kappa shape index (κ2) is 9.28. The molecular formula is C27H25FN2O3. The summed E-state index contributed by atoms with van der Waals surface area (Å²) >= 11 is 0. The highest BCUT2D eigenvalue weighted by Gasteiger charge is 2.39. The van der Waals surface area contributed by atoms with Crippen molar-refractivity contribution < 1.29 is 18.7 Å². The van der Waals surface area contributed by atoms with Crippen LogP contribution in [0.15, 0.2) is 78.5 Å². The third kappa shape index (κ3) is 4.51. The van der Waals surface area contributed by atoms with E-state index in [9.17, 15) is 14.0 Å². The number of imide groups is 1. The summed E-state index contributed by atoms with van der Waals surface area (Å²) in [4.78, 5) is 28.0. The van der Waals surface area contributed by atoms with Crippen LogP contribution in [0, 0.1) is 5.82 Å². The van der Waals surface area contributed by atoms with Crippen molar-refractivity contribution in [2.75, 3.05) is 12.4 Å². The lowest BCUT2D eigenvalue weighted by atomic mass is 10.0. The average Bonchev–Trinajstić information content (AvgIpc) is 3.04. The lowest BCUT2D eigenvalue weighted by molar-refractivity contribution is -0.137. The van der Waals surface area contributed by atoms with E-state index in [0.717, 1.165) is 0 Å². The lowest BCUT2D eigenvalue weighted by Gasteiger charge is -2.17. The molecule has 0 bridgehead atoms. The van der Waals surface area contributed by atoms with E-state index in [-0.39, 0.29) is 17.8 Å². The van der Waals surface area contributed by atoms with E-state index in [2.05, 4.69) is 19.2 Å². The Kier molecular flexibility index (Phi) is 6.27. The fourth-order valence-corrected chi connectivity index (χ4v) is 3.82. The van der Waals surface area contributed by atoms with Gasteiger partial charge in [-0.15, -0.1) is 0 Å². The van der Waals surface area contributed by atoms with Crippen LogP contribution in [0.5, 0.6) is 5.75 Å². The molecule has 0 unspecified atom stereocenters. The molecule has 5 nitrogen and oxygen atoms in total. The molecule has 1 heterocycles. The van der Waals surface area contributed by atoms with E-state index in [4.69, 9.17) is 4.74 Å². The van der Waals surface area contributed by atoms with Crippen LogP contribution in [0.25, 0.3) is 5.57 Å². The van der Waals surface area contributed by atoms with Gasteiger partial charge in [0.05, 0.1) is 19.2 Å². The Labute approximate surface area is 192 Å². The minimum Gasteiger partial charge on any atom is -0.496 e. The molecule has 6 heteroatoms. The fourth-order valence-electron chi connectivity index (χ4n) is 3.82. The summed E-state index contributed by atoms with van der Waals surface area (Å²) in [5.41, 5.74) is 3.41. The summed E-state index contributed by atoms with van der Waals surface area (Å²) in [6.07, 6.45) is 0. The first kappa shape index (κ1) is 22.3. The molecule has 4 rings (SSSR count). The number of para-hydroxylation sites is 1. The zero-order valence-electron chi connectivity index (χ0n) is 18.8. The first-order valence-electron chi connectivity index (χ1n) is 10.7. The summed E-state index contributed by atoms with van der Waals surface area (Å²) < 4.78 is 18.9. The number of hydrogen-bond donors (Lipinski definition) is 1. The van der Waals surface area contributed by atoms with E-state index in [0.29, 0.717) is 28.5 Å². The SMILES string of the molecule is COc1ccccc1CN1C(=O)C(Nc2ccc(C(C)C)cc2)=C(c2ccc(F)cc2)C1=O. The number of ether oxygens (including phenoxy) is 1. The van der Waals surface area contributed by atoms with Gasteiger partial charge in [0.15, 0.2) is 0 Å². The number of anilines is 1. The van der Waals surface area contributed by atoms with Gasteiger partial charge in [0, 0.05) is 11.3 Å².